The Balaban J connectivity index is 2.11. The molecule has 8 heteroatoms. The van der Waals surface area contributed by atoms with Gasteiger partial charge in [-0.2, -0.15) is 0 Å². The molecule has 0 aromatic heterocycles. The summed E-state index contributed by atoms with van der Waals surface area (Å²) in [6.07, 6.45) is 0. The molecule has 0 atom stereocenters. The quantitative estimate of drug-likeness (QED) is 0.540. The van der Waals surface area contributed by atoms with E-state index in [4.69, 9.17) is 9.84 Å². The number of anilines is 2. The first-order valence-corrected chi connectivity index (χ1v) is 8.81. The molecular weight excluding hydrogens is 402 g/mol. The molecule has 0 aliphatic carbocycles. The fourth-order valence-corrected chi connectivity index (χ4v) is 3.17. The SMILES string of the molecule is Cc1c(-c2cccc(F)c2)cc(F)cc1N(C)c1c(F)ccc(OCC(=O)O)c1F. The summed E-state index contributed by atoms with van der Waals surface area (Å²) in [5.74, 6) is -5.05. The lowest BCUT2D eigenvalue weighted by Gasteiger charge is -2.25. The van der Waals surface area contributed by atoms with Gasteiger partial charge in [0.25, 0.3) is 0 Å². The molecular formula is C22H17F4NO3. The van der Waals surface area contributed by atoms with E-state index in [9.17, 15) is 22.4 Å². The van der Waals surface area contributed by atoms with Crippen LogP contribution < -0.4 is 9.64 Å². The lowest BCUT2D eigenvalue weighted by Crippen LogP contribution is -2.17. The average molecular weight is 419 g/mol. The number of aliphatic carboxylic acids is 1. The van der Waals surface area contributed by atoms with Gasteiger partial charge in [0.2, 0.25) is 0 Å². The van der Waals surface area contributed by atoms with Crippen molar-refractivity contribution in [3.05, 3.63) is 77.4 Å². The second-order valence-corrected chi connectivity index (χ2v) is 6.56. The van der Waals surface area contributed by atoms with Crippen LogP contribution in [0.3, 0.4) is 0 Å². The van der Waals surface area contributed by atoms with E-state index in [-0.39, 0.29) is 5.69 Å². The van der Waals surface area contributed by atoms with Crippen molar-refractivity contribution >= 4 is 17.3 Å². The first-order chi connectivity index (χ1) is 14.2. The number of halogens is 4. The minimum atomic E-state index is -1.32. The molecule has 3 aromatic carbocycles. The van der Waals surface area contributed by atoms with E-state index < -0.39 is 47.3 Å². The van der Waals surface area contributed by atoms with E-state index in [1.807, 2.05) is 0 Å². The minimum absolute atomic E-state index is 0.141. The van der Waals surface area contributed by atoms with Crippen LogP contribution in [-0.2, 0) is 4.79 Å². The molecule has 0 saturated carbocycles. The highest BCUT2D eigenvalue weighted by Gasteiger charge is 2.22. The van der Waals surface area contributed by atoms with Gasteiger partial charge in [0.15, 0.2) is 18.2 Å². The number of carboxylic acids is 1. The molecule has 1 N–H and O–H groups in total. The van der Waals surface area contributed by atoms with Crippen molar-refractivity contribution in [3.8, 4) is 16.9 Å². The van der Waals surface area contributed by atoms with Gasteiger partial charge in [0, 0.05) is 12.7 Å². The van der Waals surface area contributed by atoms with Crippen LogP contribution in [-0.4, -0.2) is 24.7 Å². The van der Waals surface area contributed by atoms with Crippen LogP contribution >= 0.6 is 0 Å². The Bertz CT molecular complexity index is 1120. The Labute approximate surface area is 169 Å². The number of hydrogen-bond acceptors (Lipinski definition) is 3. The second kappa shape index (κ2) is 8.44. The molecule has 0 saturated heterocycles. The van der Waals surface area contributed by atoms with E-state index in [1.165, 1.54) is 31.3 Å². The highest BCUT2D eigenvalue weighted by molar-refractivity contribution is 5.78. The summed E-state index contributed by atoms with van der Waals surface area (Å²) in [6.45, 7) is 0.806. The number of carbonyl (C=O) groups is 1. The third kappa shape index (κ3) is 4.22. The average Bonchev–Trinajstić information content (AvgIpc) is 2.68. The van der Waals surface area contributed by atoms with Gasteiger partial charge < -0.3 is 14.7 Å². The lowest BCUT2D eigenvalue weighted by atomic mass is 9.98. The number of hydrogen-bond donors (Lipinski definition) is 1. The number of ether oxygens (including phenoxy) is 1. The van der Waals surface area contributed by atoms with Crippen LogP contribution in [0.1, 0.15) is 5.56 Å². The van der Waals surface area contributed by atoms with Crippen LogP contribution in [0.25, 0.3) is 11.1 Å². The van der Waals surface area contributed by atoms with Crippen molar-refractivity contribution in [2.45, 2.75) is 6.92 Å². The van der Waals surface area contributed by atoms with Gasteiger partial charge in [-0.05, 0) is 60.0 Å². The van der Waals surface area contributed by atoms with Gasteiger partial charge >= 0.3 is 5.97 Å². The summed E-state index contributed by atoms with van der Waals surface area (Å²) in [5.41, 5.74) is 0.816. The van der Waals surface area contributed by atoms with E-state index in [0.29, 0.717) is 16.7 Å². The number of rotatable bonds is 6. The number of carboxylic acid groups (broad SMARTS) is 1. The Morgan fingerprint density at radius 1 is 1.03 bits per heavy atom. The highest BCUT2D eigenvalue weighted by atomic mass is 19.1. The van der Waals surface area contributed by atoms with Gasteiger partial charge in [-0.25, -0.2) is 22.4 Å². The van der Waals surface area contributed by atoms with Gasteiger partial charge in [-0.3, -0.25) is 0 Å². The Morgan fingerprint density at radius 2 is 1.77 bits per heavy atom. The zero-order chi connectivity index (χ0) is 22.0. The van der Waals surface area contributed by atoms with Crippen LogP contribution in [0.4, 0.5) is 28.9 Å². The molecule has 156 valence electrons. The Hall–Kier alpha value is -3.55. The van der Waals surface area contributed by atoms with Crippen LogP contribution in [0.2, 0.25) is 0 Å². The minimum Gasteiger partial charge on any atom is -0.479 e. The summed E-state index contributed by atoms with van der Waals surface area (Å²) < 4.78 is 62.2. The predicted octanol–water partition coefficient (Wildman–Crippen LogP) is 5.45. The fraction of sp³-hybridized carbons (Fsp3) is 0.136. The standard InChI is InChI=1S/C22H17F4NO3/c1-12-16(13-4-3-5-14(23)8-13)9-15(24)10-18(12)27(2)22-17(25)6-7-19(21(22)26)30-11-20(28)29/h3-10H,11H2,1-2H3,(H,28,29). The van der Waals surface area contributed by atoms with Crippen molar-refractivity contribution in [1.82, 2.24) is 0 Å². The molecule has 3 rings (SSSR count). The molecule has 3 aromatic rings. The normalized spacial score (nSPS) is 10.7. The second-order valence-electron chi connectivity index (χ2n) is 6.56. The summed E-state index contributed by atoms with van der Waals surface area (Å²) >= 11 is 0. The monoisotopic (exact) mass is 419 g/mol. The molecule has 0 heterocycles. The topological polar surface area (TPSA) is 49.8 Å². The zero-order valence-corrected chi connectivity index (χ0v) is 16.0. The molecule has 0 radical (unpaired) electrons. The van der Waals surface area contributed by atoms with Crippen LogP contribution in [0.15, 0.2) is 48.5 Å². The fourth-order valence-electron chi connectivity index (χ4n) is 3.17. The largest absolute Gasteiger partial charge is 0.479 e. The van der Waals surface area contributed by atoms with Crippen molar-refractivity contribution in [3.63, 3.8) is 0 Å². The van der Waals surface area contributed by atoms with Gasteiger partial charge in [-0.1, -0.05) is 12.1 Å². The highest BCUT2D eigenvalue weighted by Crippen LogP contribution is 2.38. The smallest absolute Gasteiger partial charge is 0.341 e. The molecule has 0 fully saturated rings. The summed E-state index contributed by atoms with van der Waals surface area (Å²) in [7, 11) is 1.33. The number of benzene rings is 3. The molecule has 30 heavy (non-hydrogen) atoms. The van der Waals surface area contributed by atoms with Crippen molar-refractivity contribution in [2.24, 2.45) is 0 Å². The van der Waals surface area contributed by atoms with E-state index in [1.54, 1.807) is 13.0 Å². The van der Waals surface area contributed by atoms with Gasteiger partial charge in [0.05, 0.1) is 0 Å². The summed E-state index contributed by atoms with van der Waals surface area (Å²) in [4.78, 5) is 11.8. The molecule has 4 nitrogen and oxygen atoms in total. The molecule has 0 aliphatic heterocycles. The first-order valence-electron chi connectivity index (χ1n) is 8.81. The summed E-state index contributed by atoms with van der Waals surface area (Å²) in [6, 6.07) is 9.75. The maximum Gasteiger partial charge on any atom is 0.341 e. The summed E-state index contributed by atoms with van der Waals surface area (Å²) in [5, 5.41) is 8.70. The molecule has 0 amide bonds. The maximum atomic E-state index is 14.9. The van der Waals surface area contributed by atoms with Crippen LogP contribution in [0, 0.1) is 30.2 Å². The van der Waals surface area contributed by atoms with Crippen molar-refractivity contribution in [2.75, 3.05) is 18.6 Å². The third-order valence-electron chi connectivity index (χ3n) is 4.56. The molecule has 0 spiro atoms. The Kier molecular flexibility index (Phi) is 5.96. The van der Waals surface area contributed by atoms with Crippen molar-refractivity contribution < 1.29 is 32.2 Å². The van der Waals surface area contributed by atoms with Crippen LogP contribution in [0.5, 0.6) is 5.75 Å². The Morgan fingerprint density at radius 3 is 2.43 bits per heavy atom. The van der Waals surface area contributed by atoms with Gasteiger partial charge in [0.1, 0.15) is 23.1 Å². The van der Waals surface area contributed by atoms with E-state index >= 15 is 0 Å². The van der Waals surface area contributed by atoms with E-state index in [0.717, 1.165) is 23.1 Å². The molecule has 0 bridgehead atoms. The lowest BCUT2D eigenvalue weighted by molar-refractivity contribution is -0.139. The first kappa shape index (κ1) is 21.2. The molecule has 0 aliphatic rings. The zero-order valence-electron chi connectivity index (χ0n) is 16.0. The predicted molar refractivity (Wildman–Crippen MR) is 104 cm³/mol. The number of nitrogens with zero attached hydrogens (tertiary/aromatic N) is 1. The third-order valence-corrected chi connectivity index (χ3v) is 4.56. The van der Waals surface area contributed by atoms with Gasteiger partial charge in [-0.15, -0.1) is 0 Å². The van der Waals surface area contributed by atoms with Crippen molar-refractivity contribution in [1.29, 1.82) is 0 Å². The maximum absolute atomic E-state index is 14.9. The molecule has 0 unspecified atom stereocenters. The van der Waals surface area contributed by atoms with E-state index in [2.05, 4.69) is 0 Å².